The minimum absolute atomic E-state index is 0.0513. The molecule has 1 unspecified atom stereocenters. The monoisotopic (exact) mass is 304 g/mol. The molecular weight excluding hydrogens is 285 g/mol. The summed E-state index contributed by atoms with van der Waals surface area (Å²) in [5.74, 6) is -3.27. The van der Waals surface area contributed by atoms with Crippen LogP contribution in [0.1, 0.15) is 26.3 Å². The zero-order valence-electron chi connectivity index (χ0n) is 12.2. The molecule has 21 heavy (non-hydrogen) atoms. The van der Waals surface area contributed by atoms with Gasteiger partial charge >= 0.3 is 6.09 Å². The van der Waals surface area contributed by atoms with Gasteiger partial charge in [-0.25, -0.2) is 18.0 Å². The van der Waals surface area contributed by atoms with E-state index in [2.05, 4.69) is 5.32 Å². The number of carbonyl (C=O) groups is 1. The molecule has 0 aromatic heterocycles. The molecule has 7 heteroatoms. The lowest BCUT2D eigenvalue weighted by Gasteiger charge is -2.21. The van der Waals surface area contributed by atoms with Crippen LogP contribution >= 0.6 is 0 Å². The van der Waals surface area contributed by atoms with E-state index >= 15 is 0 Å². The van der Waals surface area contributed by atoms with Gasteiger partial charge in [-0.2, -0.15) is 0 Å². The predicted octanol–water partition coefficient (Wildman–Crippen LogP) is 2.50. The topological polar surface area (TPSA) is 64.3 Å². The molecule has 0 heterocycles. The Morgan fingerprint density at radius 2 is 1.86 bits per heavy atom. The summed E-state index contributed by atoms with van der Waals surface area (Å²) in [6, 6.07) is 0.767. The number of alkyl carbamates (subject to hydrolysis) is 1. The summed E-state index contributed by atoms with van der Waals surface area (Å²) in [5, 5.41) is 2.39. The highest BCUT2D eigenvalue weighted by Gasteiger charge is 2.19. The van der Waals surface area contributed by atoms with Gasteiger partial charge in [-0.1, -0.05) is 0 Å². The van der Waals surface area contributed by atoms with Gasteiger partial charge in [-0.05, 0) is 39.3 Å². The maximum absolute atomic E-state index is 13.5. The molecule has 0 aliphatic rings. The first kappa shape index (κ1) is 17.3. The van der Waals surface area contributed by atoms with E-state index in [0.717, 1.165) is 6.07 Å². The summed E-state index contributed by atoms with van der Waals surface area (Å²) in [4.78, 5) is 11.4. The minimum Gasteiger partial charge on any atom is -0.444 e. The summed E-state index contributed by atoms with van der Waals surface area (Å²) < 4.78 is 44.9. The number of ether oxygens (including phenoxy) is 1. The number of carbonyl (C=O) groups excluding carboxylic acids is 1. The molecule has 1 aromatic carbocycles. The van der Waals surface area contributed by atoms with Crippen molar-refractivity contribution in [1.82, 2.24) is 5.32 Å². The van der Waals surface area contributed by atoms with E-state index in [9.17, 15) is 18.0 Å². The second-order valence-electron chi connectivity index (χ2n) is 5.67. The number of halogens is 3. The van der Waals surface area contributed by atoms with Crippen molar-refractivity contribution in [1.29, 1.82) is 0 Å². The third kappa shape index (κ3) is 5.63. The van der Waals surface area contributed by atoms with Crippen molar-refractivity contribution in [2.45, 2.75) is 38.8 Å². The van der Waals surface area contributed by atoms with E-state index in [1.807, 2.05) is 0 Å². The van der Waals surface area contributed by atoms with E-state index in [0.29, 0.717) is 6.07 Å². The number of nitrogens with one attached hydrogen (secondary N) is 1. The smallest absolute Gasteiger partial charge is 0.407 e. The summed E-state index contributed by atoms with van der Waals surface area (Å²) in [6.07, 6.45) is -0.927. The second-order valence-corrected chi connectivity index (χ2v) is 5.67. The van der Waals surface area contributed by atoms with Gasteiger partial charge in [0.05, 0.1) is 0 Å². The molecule has 0 radical (unpaired) electrons. The molecule has 3 N–H and O–H groups in total. The maximum Gasteiger partial charge on any atom is 0.407 e. The van der Waals surface area contributed by atoms with Crippen molar-refractivity contribution in [2.75, 3.05) is 6.54 Å². The van der Waals surface area contributed by atoms with Gasteiger partial charge in [0.25, 0.3) is 0 Å². The van der Waals surface area contributed by atoms with Gasteiger partial charge in [0.2, 0.25) is 0 Å². The van der Waals surface area contributed by atoms with E-state index < -0.39 is 40.8 Å². The van der Waals surface area contributed by atoms with Crippen LogP contribution in [0.5, 0.6) is 0 Å². The van der Waals surface area contributed by atoms with E-state index in [1.54, 1.807) is 20.8 Å². The Labute approximate surface area is 121 Å². The standard InChI is InChI=1S/C14H19F3N2O2/c1-14(2,3)21-13(20)19-7-8(18)6-9-10(15)4-5-11(16)12(9)17/h4-5,8H,6-7,18H2,1-3H3,(H,19,20). The molecule has 0 saturated heterocycles. The quantitative estimate of drug-likeness (QED) is 0.840. The Morgan fingerprint density at radius 1 is 1.29 bits per heavy atom. The summed E-state index contributed by atoms with van der Waals surface area (Å²) in [5.41, 5.74) is 4.59. The third-order valence-electron chi connectivity index (χ3n) is 2.51. The zero-order valence-corrected chi connectivity index (χ0v) is 12.2. The van der Waals surface area contributed by atoms with Crippen LogP contribution in [-0.4, -0.2) is 24.3 Å². The number of nitrogens with two attached hydrogens (primary N) is 1. The molecule has 0 saturated carbocycles. The zero-order chi connectivity index (χ0) is 16.2. The highest BCUT2D eigenvalue weighted by Crippen LogP contribution is 2.17. The molecular formula is C14H19F3N2O2. The average Bonchev–Trinajstić information content (AvgIpc) is 2.35. The second kappa shape index (κ2) is 6.80. The van der Waals surface area contributed by atoms with Gasteiger partial charge < -0.3 is 15.8 Å². The molecule has 1 rings (SSSR count). The van der Waals surface area contributed by atoms with Crippen LogP contribution in [-0.2, 0) is 11.2 Å². The molecule has 4 nitrogen and oxygen atoms in total. The van der Waals surface area contributed by atoms with Crippen LogP contribution in [0, 0.1) is 17.5 Å². The Hall–Kier alpha value is -1.76. The molecule has 1 amide bonds. The van der Waals surface area contributed by atoms with Crippen molar-refractivity contribution in [3.8, 4) is 0 Å². The van der Waals surface area contributed by atoms with Crippen LogP contribution in [0.2, 0.25) is 0 Å². The molecule has 1 atom stereocenters. The first-order chi connectivity index (χ1) is 9.60. The van der Waals surface area contributed by atoms with Crippen molar-refractivity contribution in [2.24, 2.45) is 5.73 Å². The third-order valence-corrected chi connectivity index (χ3v) is 2.51. The van der Waals surface area contributed by atoms with Crippen molar-refractivity contribution in [3.05, 3.63) is 35.1 Å². The van der Waals surface area contributed by atoms with Gasteiger partial charge in [-0.15, -0.1) is 0 Å². The summed E-state index contributed by atoms with van der Waals surface area (Å²) in [7, 11) is 0. The van der Waals surface area contributed by atoms with Gasteiger partial charge in [-0.3, -0.25) is 0 Å². The lowest BCUT2D eigenvalue weighted by molar-refractivity contribution is 0.0524. The highest BCUT2D eigenvalue weighted by atomic mass is 19.2. The van der Waals surface area contributed by atoms with Gasteiger partial charge in [0.1, 0.15) is 11.4 Å². The summed E-state index contributed by atoms with van der Waals surface area (Å²) >= 11 is 0. The summed E-state index contributed by atoms with van der Waals surface area (Å²) in [6.45, 7) is 5.04. The minimum atomic E-state index is -1.26. The van der Waals surface area contributed by atoms with Crippen LogP contribution in [0.15, 0.2) is 12.1 Å². The fourth-order valence-electron chi connectivity index (χ4n) is 1.62. The van der Waals surface area contributed by atoms with Crippen LogP contribution in [0.3, 0.4) is 0 Å². The number of benzene rings is 1. The first-order valence-corrected chi connectivity index (χ1v) is 6.45. The molecule has 0 aliphatic heterocycles. The number of hydrogen-bond acceptors (Lipinski definition) is 3. The van der Waals surface area contributed by atoms with Crippen molar-refractivity contribution < 1.29 is 22.7 Å². The fourth-order valence-corrected chi connectivity index (χ4v) is 1.62. The lowest BCUT2D eigenvalue weighted by atomic mass is 10.0. The molecule has 0 bridgehead atoms. The Kier molecular flexibility index (Phi) is 5.60. The lowest BCUT2D eigenvalue weighted by Crippen LogP contribution is -2.41. The first-order valence-electron chi connectivity index (χ1n) is 6.45. The van der Waals surface area contributed by atoms with E-state index in [-0.39, 0.29) is 13.0 Å². The molecule has 0 aliphatic carbocycles. The van der Waals surface area contributed by atoms with Crippen molar-refractivity contribution in [3.63, 3.8) is 0 Å². The van der Waals surface area contributed by atoms with Gasteiger partial charge in [0, 0.05) is 18.2 Å². The maximum atomic E-state index is 13.5. The van der Waals surface area contributed by atoms with Crippen LogP contribution < -0.4 is 11.1 Å². The Balaban J connectivity index is 2.57. The number of hydrogen-bond donors (Lipinski definition) is 2. The number of amides is 1. The van der Waals surface area contributed by atoms with E-state index in [4.69, 9.17) is 10.5 Å². The normalized spacial score (nSPS) is 12.9. The fraction of sp³-hybridized carbons (Fsp3) is 0.500. The molecule has 0 fully saturated rings. The molecule has 0 spiro atoms. The average molecular weight is 304 g/mol. The molecule has 118 valence electrons. The number of rotatable bonds is 4. The van der Waals surface area contributed by atoms with Crippen LogP contribution in [0.25, 0.3) is 0 Å². The van der Waals surface area contributed by atoms with Gasteiger partial charge in [0.15, 0.2) is 11.6 Å². The molecule has 1 aromatic rings. The largest absolute Gasteiger partial charge is 0.444 e. The Morgan fingerprint density at radius 3 is 2.43 bits per heavy atom. The van der Waals surface area contributed by atoms with E-state index in [1.165, 1.54) is 0 Å². The highest BCUT2D eigenvalue weighted by molar-refractivity contribution is 5.67. The van der Waals surface area contributed by atoms with Crippen molar-refractivity contribution >= 4 is 6.09 Å². The SMILES string of the molecule is CC(C)(C)OC(=O)NCC(N)Cc1c(F)ccc(F)c1F. The Bertz CT molecular complexity index is 516. The van der Waals surface area contributed by atoms with Crippen LogP contribution in [0.4, 0.5) is 18.0 Å². The predicted molar refractivity (Wildman–Crippen MR) is 72.2 cm³/mol.